The molecule has 0 rings (SSSR count). The second-order valence-corrected chi connectivity index (χ2v) is 16.0. The Labute approximate surface area is 330 Å². The number of rotatable bonds is 42. The van der Waals surface area contributed by atoms with Gasteiger partial charge in [-0.15, -0.1) is 0 Å². The molecule has 3 atom stereocenters. The summed E-state index contributed by atoms with van der Waals surface area (Å²) in [6, 6.07) is -0.763. The highest BCUT2D eigenvalue weighted by Crippen LogP contribution is 2.16. The Hall–Kier alpha value is -1.43. The minimum Gasteiger partial charge on any atom is -0.394 e. The Balaban J connectivity index is 3.66. The second-order valence-electron chi connectivity index (χ2n) is 16.0. The van der Waals surface area contributed by atoms with Gasteiger partial charge in [-0.3, -0.25) is 4.79 Å². The number of amides is 1. The van der Waals surface area contributed by atoms with E-state index in [0.717, 1.165) is 44.9 Å². The number of unbranched alkanes of at least 4 members (excludes halogenated alkanes) is 29. The van der Waals surface area contributed by atoms with Crippen LogP contribution in [0, 0.1) is 0 Å². The van der Waals surface area contributed by atoms with Crippen LogP contribution in [0.1, 0.15) is 239 Å². The van der Waals surface area contributed by atoms with Gasteiger partial charge in [-0.2, -0.15) is 0 Å². The molecule has 5 heteroatoms. The highest BCUT2D eigenvalue weighted by atomic mass is 16.3. The van der Waals surface area contributed by atoms with E-state index in [4.69, 9.17) is 0 Å². The third-order valence-electron chi connectivity index (χ3n) is 10.6. The molecule has 312 valence electrons. The molecule has 1 amide bonds. The van der Waals surface area contributed by atoms with Gasteiger partial charge in [0.1, 0.15) is 0 Å². The average Bonchev–Trinajstić information content (AvgIpc) is 3.15. The molecule has 3 unspecified atom stereocenters. The molecular formula is C48H91NO4. The predicted molar refractivity (Wildman–Crippen MR) is 231 cm³/mol. The van der Waals surface area contributed by atoms with Gasteiger partial charge in [0.05, 0.1) is 31.3 Å². The first-order chi connectivity index (χ1) is 26.0. The number of carbonyl (C=O) groups is 1. The van der Waals surface area contributed by atoms with Crippen LogP contribution < -0.4 is 5.32 Å². The summed E-state index contributed by atoms with van der Waals surface area (Å²) in [5, 5.41) is 33.2. The smallest absolute Gasteiger partial charge is 0.222 e. The van der Waals surface area contributed by atoms with Crippen molar-refractivity contribution < 1.29 is 20.1 Å². The number of carbonyl (C=O) groups excluding carboxylic acids is 1. The predicted octanol–water partition coefficient (Wildman–Crippen LogP) is 13.5. The third kappa shape index (κ3) is 40.1. The van der Waals surface area contributed by atoms with Gasteiger partial charge in [-0.1, -0.05) is 211 Å². The summed E-state index contributed by atoms with van der Waals surface area (Å²) in [5.41, 5.74) is 0. The van der Waals surface area contributed by atoms with E-state index < -0.39 is 18.2 Å². The van der Waals surface area contributed by atoms with Gasteiger partial charge >= 0.3 is 0 Å². The van der Waals surface area contributed by atoms with E-state index in [-0.39, 0.29) is 18.9 Å². The third-order valence-corrected chi connectivity index (χ3v) is 10.6. The Morgan fingerprint density at radius 2 is 0.811 bits per heavy atom. The summed E-state index contributed by atoms with van der Waals surface area (Å²) in [6.07, 6.45) is 54.5. The number of allylic oxidation sites excluding steroid dienone is 5. The maximum Gasteiger partial charge on any atom is 0.222 e. The van der Waals surface area contributed by atoms with Crippen molar-refractivity contribution >= 4 is 5.91 Å². The van der Waals surface area contributed by atoms with Crippen molar-refractivity contribution in [1.29, 1.82) is 0 Å². The molecule has 5 nitrogen and oxygen atoms in total. The van der Waals surface area contributed by atoms with Gasteiger partial charge in [0.2, 0.25) is 5.91 Å². The molecule has 0 aromatic carbocycles. The van der Waals surface area contributed by atoms with Gasteiger partial charge in [0, 0.05) is 0 Å². The Morgan fingerprint density at radius 3 is 1.23 bits per heavy atom. The fourth-order valence-corrected chi connectivity index (χ4v) is 7.06. The van der Waals surface area contributed by atoms with Crippen LogP contribution in [0.15, 0.2) is 36.5 Å². The molecule has 0 bridgehead atoms. The lowest BCUT2D eigenvalue weighted by atomic mass is 10.0. The molecule has 0 spiro atoms. The van der Waals surface area contributed by atoms with Crippen LogP contribution in [0.25, 0.3) is 0 Å². The molecule has 0 aliphatic heterocycles. The maximum absolute atomic E-state index is 12.4. The quantitative estimate of drug-likeness (QED) is 0.0370. The van der Waals surface area contributed by atoms with Gasteiger partial charge in [0.15, 0.2) is 0 Å². The number of hydrogen-bond donors (Lipinski definition) is 4. The van der Waals surface area contributed by atoms with Gasteiger partial charge in [0.25, 0.3) is 0 Å². The van der Waals surface area contributed by atoms with Crippen molar-refractivity contribution in [2.24, 2.45) is 0 Å². The van der Waals surface area contributed by atoms with Gasteiger partial charge in [-0.25, -0.2) is 0 Å². The zero-order valence-corrected chi connectivity index (χ0v) is 35.4. The highest BCUT2D eigenvalue weighted by molar-refractivity contribution is 5.76. The molecule has 0 aromatic rings. The zero-order valence-electron chi connectivity index (χ0n) is 35.4. The van der Waals surface area contributed by atoms with E-state index in [1.165, 1.54) is 167 Å². The van der Waals surface area contributed by atoms with Crippen molar-refractivity contribution in [3.8, 4) is 0 Å². The van der Waals surface area contributed by atoms with Gasteiger partial charge < -0.3 is 20.6 Å². The van der Waals surface area contributed by atoms with Crippen molar-refractivity contribution in [2.75, 3.05) is 6.61 Å². The van der Waals surface area contributed by atoms with Crippen LogP contribution in [0.2, 0.25) is 0 Å². The highest BCUT2D eigenvalue weighted by Gasteiger charge is 2.20. The van der Waals surface area contributed by atoms with Crippen molar-refractivity contribution in [2.45, 2.75) is 257 Å². The lowest BCUT2D eigenvalue weighted by Gasteiger charge is -2.20. The van der Waals surface area contributed by atoms with Crippen LogP contribution in [-0.2, 0) is 4.79 Å². The van der Waals surface area contributed by atoms with E-state index in [9.17, 15) is 20.1 Å². The largest absolute Gasteiger partial charge is 0.394 e. The maximum atomic E-state index is 12.4. The molecule has 0 heterocycles. The molecule has 0 fully saturated rings. The Morgan fingerprint density at radius 1 is 0.472 bits per heavy atom. The molecule has 0 saturated heterocycles. The van der Waals surface area contributed by atoms with Crippen molar-refractivity contribution in [3.63, 3.8) is 0 Å². The SMILES string of the molecule is CCCCCC/C=C\CCCCCCCC(O)CC(=O)NC(CO)C(O)/C=C/CC/C=C/CCCCCCCCCCCCCCCCCCCCC. The fraction of sp³-hybridized carbons (Fsp3) is 0.854. The van der Waals surface area contributed by atoms with E-state index >= 15 is 0 Å². The average molecular weight is 746 g/mol. The van der Waals surface area contributed by atoms with Crippen LogP contribution in [-0.4, -0.2) is 46.1 Å². The lowest BCUT2D eigenvalue weighted by molar-refractivity contribution is -0.124. The summed E-state index contributed by atoms with van der Waals surface area (Å²) >= 11 is 0. The Bertz CT molecular complexity index is 824. The lowest BCUT2D eigenvalue weighted by Crippen LogP contribution is -2.45. The molecule has 0 aliphatic carbocycles. The van der Waals surface area contributed by atoms with E-state index in [2.05, 4.69) is 43.5 Å². The first-order valence-corrected chi connectivity index (χ1v) is 23.3. The molecule has 0 saturated carbocycles. The monoisotopic (exact) mass is 746 g/mol. The molecule has 53 heavy (non-hydrogen) atoms. The number of aliphatic hydroxyl groups is 3. The first kappa shape index (κ1) is 51.6. The number of nitrogens with one attached hydrogen (secondary N) is 1. The normalized spacial score (nSPS) is 13.8. The number of aliphatic hydroxyl groups excluding tert-OH is 3. The van der Waals surface area contributed by atoms with E-state index in [1.54, 1.807) is 6.08 Å². The van der Waals surface area contributed by atoms with E-state index in [0.29, 0.717) is 6.42 Å². The summed E-state index contributed by atoms with van der Waals surface area (Å²) in [5.74, 6) is -0.330. The van der Waals surface area contributed by atoms with Crippen LogP contribution in [0.3, 0.4) is 0 Å². The van der Waals surface area contributed by atoms with Gasteiger partial charge in [-0.05, 0) is 57.8 Å². The topological polar surface area (TPSA) is 89.8 Å². The second kappa shape index (κ2) is 43.3. The molecule has 0 aliphatic rings. The minimum atomic E-state index is -0.953. The standard InChI is InChI=1S/C48H91NO4/c1-3-5-7-9-11-13-15-17-18-19-20-21-22-23-24-25-26-27-28-30-32-34-36-38-40-42-47(52)46(44-50)49-48(53)43-45(51)41-39-37-35-33-31-29-16-14-12-10-8-6-4-2/h14,16,32,34,40,42,45-47,50-52H,3-13,15,17-31,33,35-39,41,43-44H2,1-2H3,(H,49,53)/b16-14-,34-32+,42-40+. The minimum absolute atomic E-state index is 0.000285. The molecule has 4 N–H and O–H groups in total. The molecular weight excluding hydrogens is 655 g/mol. The van der Waals surface area contributed by atoms with Crippen LogP contribution in [0.5, 0.6) is 0 Å². The fourth-order valence-electron chi connectivity index (χ4n) is 7.06. The zero-order chi connectivity index (χ0) is 38.7. The van der Waals surface area contributed by atoms with Crippen LogP contribution in [0.4, 0.5) is 0 Å². The molecule has 0 radical (unpaired) electrons. The summed E-state index contributed by atoms with van der Waals surface area (Å²) < 4.78 is 0. The number of hydrogen-bond acceptors (Lipinski definition) is 4. The Kier molecular flexibility index (Phi) is 42.1. The molecule has 0 aromatic heterocycles. The first-order valence-electron chi connectivity index (χ1n) is 23.3. The summed E-state index contributed by atoms with van der Waals surface area (Å²) in [6.45, 7) is 4.19. The van der Waals surface area contributed by atoms with Crippen molar-refractivity contribution in [1.82, 2.24) is 5.32 Å². The van der Waals surface area contributed by atoms with Crippen LogP contribution >= 0.6 is 0 Å². The van der Waals surface area contributed by atoms with E-state index in [1.807, 2.05) is 6.08 Å². The summed E-state index contributed by atoms with van der Waals surface area (Å²) in [7, 11) is 0. The van der Waals surface area contributed by atoms with Crippen molar-refractivity contribution in [3.05, 3.63) is 36.5 Å². The summed E-state index contributed by atoms with van der Waals surface area (Å²) in [4.78, 5) is 12.4.